The first-order valence-corrected chi connectivity index (χ1v) is 9.65. The van der Waals surface area contributed by atoms with E-state index in [0.29, 0.717) is 17.7 Å². The number of carbonyl (C=O) groups excluding carboxylic acids is 1. The Morgan fingerprint density at radius 1 is 1.12 bits per heavy atom. The first-order chi connectivity index (χ1) is 15.4. The highest BCUT2D eigenvalue weighted by Crippen LogP contribution is 2.32. The average Bonchev–Trinajstić information content (AvgIpc) is 2.78. The summed E-state index contributed by atoms with van der Waals surface area (Å²) in [4.78, 5) is 23.4. The monoisotopic (exact) mass is 446 g/mol. The second-order valence-corrected chi connectivity index (χ2v) is 6.39. The van der Waals surface area contributed by atoms with Crippen LogP contribution in [0.3, 0.4) is 0 Å². The zero-order chi connectivity index (χ0) is 23.5. The van der Waals surface area contributed by atoms with Crippen molar-refractivity contribution in [3.63, 3.8) is 0 Å². The standard InChI is InChI=1S/C23H24F2N2O5/c1-4-16(8-6-5-7-9-22(29)31-3)15-27-21(28)13-11-18(26-27)17-10-12-19(30-2)20(14-17)32-23(24)25/h4,6-14,23H,5,15H2,1-3H3/b8-6?,9-7+,16-4+. The molecule has 0 radical (unpaired) electrons. The van der Waals surface area contributed by atoms with E-state index in [1.807, 2.05) is 25.2 Å². The number of methoxy groups -OCH3 is 2. The van der Waals surface area contributed by atoms with E-state index in [4.69, 9.17) is 4.74 Å². The fourth-order valence-corrected chi connectivity index (χ4v) is 2.68. The van der Waals surface area contributed by atoms with Gasteiger partial charge in [0, 0.05) is 17.7 Å². The molecule has 0 atom stereocenters. The fraction of sp³-hybridized carbons (Fsp3) is 0.261. The Kier molecular flexibility index (Phi) is 9.34. The smallest absolute Gasteiger partial charge is 0.387 e. The lowest BCUT2D eigenvalue weighted by Gasteiger charge is -2.12. The third-order valence-corrected chi connectivity index (χ3v) is 4.30. The van der Waals surface area contributed by atoms with Crippen LogP contribution in [-0.4, -0.2) is 36.6 Å². The van der Waals surface area contributed by atoms with Gasteiger partial charge in [0.25, 0.3) is 5.56 Å². The topological polar surface area (TPSA) is 79.7 Å². The molecule has 32 heavy (non-hydrogen) atoms. The number of rotatable bonds is 10. The number of alkyl halides is 2. The van der Waals surface area contributed by atoms with Crippen molar-refractivity contribution in [2.45, 2.75) is 26.5 Å². The van der Waals surface area contributed by atoms with Crippen LogP contribution in [-0.2, 0) is 16.1 Å². The molecule has 170 valence electrons. The highest BCUT2D eigenvalue weighted by Gasteiger charge is 2.13. The summed E-state index contributed by atoms with van der Waals surface area (Å²) >= 11 is 0. The van der Waals surface area contributed by atoms with E-state index in [2.05, 4.69) is 14.6 Å². The van der Waals surface area contributed by atoms with E-state index in [0.717, 1.165) is 5.57 Å². The predicted octanol–water partition coefficient (Wildman–Crippen LogP) is 4.14. The van der Waals surface area contributed by atoms with Gasteiger partial charge in [0.2, 0.25) is 0 Å². The zero-order valence-electron chi connectivity index (χ0n) is 18.0. The molecule has 0 aliphatic rings. The summed E-state index contributed by atoms with van der Waals surface area (Å²) in [6.45, 7) is -0.972. The molecule has 7 nitrogen and oxygen atoms in total. The second kappa shape index (κ2) is 12.2. The van der Waals surface area contributed by atoms with Gasteiger partial charge in [-0.2, -0.15) is 13.9 Å². The Labute approximate surface area is 184 Å². The van der Waals surface area contributed by atoms with Crippen molar-refractivity contribution in [3.8, 4) is 22.8 Å². The van der Waals surface area contributed by atoms with Crippen molar-refractivity contribution in [1.29, 1.82) is 0 Å². The van der Waals surface area contributed by atoms with Gasteiger partial charge in [0.1, 0.15) is 0 Å². The van der Waals surface area contributed by atoms with Crippen LogP contribution >= 0.6 is 0 Å². The maximum Gasteiger partial charge on any atom is 0.387 e. The van der Waals surface area contributed by atoms with Gasteiger partial charge in [-0.1, -0.05) is 24.3 Å². The molecule has 0 amide bonds. The summed E-state index contributed by atoms with van der Waals surface area (Å²) in [5, 5.41) is 4.36. The van der Waals surface area contributed by atoms with Crippen LogP contribution in [0.4, 0.5) is 8.78 Å². The highest BCUT2D eigenvalue weighted by atomic mass is 19.3. The lowest BCUT2D eigenvalue weighted by atomic mass is 10.1. The average molecular weight is 446 g/mol. The maximum absolute atomic E-state index is 12.7. The number of hydrogen-bond donors (Lipinski definition) is 0. The highest BCUT2D eigenvalue weighted by molar-refractivity contribution is 5.81. The zero-order valence-corrected chi connectivity index (χ0v) is 18.0. The molecule has 1 aromatic carbocycles. The molecule has 1 aromatic heterocycles. The molecule has 9 heteroatoms. The van der Waals surface area contributed by atoms with Crippen LogP contribution < -0.4 is 15.0 Å². The Balaban J connectivity index is 2.23. The van der Waals surface area contributed by atoms with Gasteiger partial charge in [-0.3, -0.25) is 4.79 Å². The van der Waals surface area contributed by atoms with Gasteiger partial charge in [-0.25, -0.2) is 9.48 Å². The van der Waals surface area contributed by atoms with E-state index >= 15 is 0 Å². The van der Waals surface area contributed by atoms with Gasteiger partial charge in [-0.15, -0.1) is 0 Å². The van der Waals surface area contributed by atoms with E-state index in [-0.39, 0.29) is 23.6 Å². The number of hydrogen-bond acceptors (Lipinski definition) is 6. The molecule has 2 rings (SSSR count). The van der Waals surface area contributed by atoms with Crippen molar-refractivity contribution >= 4 is 5.97 Å². The summed E-state index contributed by atoms with van der Waals surface area (Å²) in [5.74, 6) is -0.403. The Morgan fingerprint density at radius 2 is 1.88 bits per heavy atom. The van der Waals surface area contributed by atoms with E-state index in [1.165, 1.54) is 49.2 Å². The van der Waals surface area contributed by atoms with Gasteiger partial charge in [0.05, 0.1) is 26.5 Å². The van der Waals surface area contributed by atoms with Crippen LogP contribution in [0.2, 0.25) is 0 Å². The quantitative estimate of drug-likeness (QED) is 0.310. The first kappa shape index (κ1) is 24.5. The van der Waals surface area contributed by atoms with Crippen LogP contribution in [0.25, 0.3) is 11.3 Å². The summed E-state index contributed by atoms with van der Waals surface area (Å²) in [6, 6.07) is 7.38. The summed E-state index contributed by atoms with van der Waals surface area (Å²) < 4.78 is 40.7. The largest absolute Gasteiger partial charge is 0.493 e. The van der Waals surface area contributed by atoms with Crippen LogP contribution in [0.1, 0.15) is 13.3 Å². The Morgan fingerprint density at radius 3 is 2.53 bits per heavy atom. The molecule has 0 fully saturated rings. The minimum Gasteiger partial charge on any atom is -0.493 e. The van der Waals surface area contributed by atoms with Crippen LogP contribution in [0.15, 0.2) is 71.1 Å². The van der Waals surface area contributed by atoms with Crippen molar-refractivity contribution < 1.29 is 27.8 Å². The van der Waals surface area contributed by atoms with Crippen molar-refractivity contribution in [3.05, 3.63) is 76.6 Å². The molecular formula is C23H24F2N2O5. The van der Waals surface area contributed by atoms with E-state index in [9.17, 15) is 18.4 Å². The maximum atomic E-state index is 12.7. The first-order valence-electron chi connectivity index (χ1n) is 9.65. The molecular weight excluding hydrogens is 422 g/mol. The molecule has 2 aromatic rings. The SMILES string of the molecule is C/C=C(\C=CC/C=C/C(=O)OC)Cn1nc(-c2ccc(OC)c(OC(F)F)c2)ccc1=O. The number of ether oxygens (including phenoxy) is 3. The van der Waals surface area contributed by atoms with Crippen LogP contribution in [0, 0.1) is 0 Å². The number of esters is 1. The van der Waals surface area contributed by atoms with Crippen molar-refractivity contribution in [2.24, 2.45) is 0 Å². The van der Waals surface area contributed by atoms with E-state index < -0.39 is 12.6 Å². The van der Waals surface area contributed by atoms with Gasteiger partial charge < -0.3 is 14.2 Å². The molecule has 0 saturated carbocycles. The van der Waals surface area contributed by atoms with Crippen molar-refractivity contribution in [2.75, 3.05) is 14.2 Å². The summed E-state index contributed by atoms with van der Waals surface area (Å²) in [6.07, 6.45) is 8.99. The molecule has 0 bridgehead atoms. The Bertz CT molecular complexity index is 1070. The van der Waals surface area contributed by atoms with Gasteiger partial charge >= 0.3 is 12.6 Å². The minimum atomic E-state index is -3.01. The minimum absolute atomic E-state index is 0.128. The summed E-state index contributed by atoms with van der Waals surface area (Å²) in [7, 11) is 2.65. The molecule has 0 aliphatic carbocycles. The predicted molar refractivity (Wildman–Crippen MR) is 116 cm³/mol. The summed E-state index contributed by atoms with van der Waals surface area (Å²) in [5.41, 5.74) is 1.40. The molecule has 0 aliphatic heterocycles. The van der Waals surface area contributed by atoms with E-state index in [1.54, 1.807) is 12.1 Å². The third kappa shape index (κ3) is 7.19. The lowest BCUT2D eigenvalue weighted by molar-refractivity contribution is -0.134. The van der Waals surface area contributed by atoms with Gasteiger partial charge in [0.15, 0.2) is 11.5 Å². The van der Waals surface area contributed by atoms with Gasteiger partial charge in [-0.05, 0) is 43.2 Å². The van der Waals surface area contributed by atoms with Crippen LogP contribution in [0.5, 0.6) is 11.5 Å². The number of nitrogens with zero attached hydrogens (tertiary/aromatic N) is 2. The second-order valence-electron chi connectivity index (χ2n) is 6.39. The molecule has 0 saturated heterocycles. The fourth-order valence-electron chi connectivity index (χ4n) is 2.68. The number of carbonyl (C=O) groups is 1. The molecule has 0 N–H and O–H groups in total. The third-order valence-electron chi connectivity index (χ3n) is 4.30. The molecule has 0 spiro atoms. The van der Waals surface area contributed by atoms with Crippen molar-refractivity contribution in [1.82, 2.24) is 9.78 Å². The normalized spacial score (nSPS) is 12.0. The molecule has 1 heterocycles. The Hall–Kier alpha value is -3.75. The lowest BCUT2D eigenvalue weighted by Crippen LogP contribution is -2.23. The number of halogens is 2. The molecule has 0 unspecified atom stereocenters. The number of allylic oxidation sites excluding steroid dienone is 5. The number of benzene rings is 1. The number of aromatic nitrogens is 2.